The highest BCUT2D eigenvalue weighted by atomic mass is 19.1. The van der Waals surface area contributed by atoms with E-state index in [1.54, 1.807) is 26.0 Å². The maximum absolute atomic E-state index is 13.4. The molecule has 0 aliphatic carbocycles. The lowest BCUT2D eigenvalue weighted by Gasteiger charge is -2.27. The third kappa shape index (κ3) is 5.69. The summed E-state index contributed by atoms with van der Waals surface area (Å²) >= 11 is 0. The molecule has 0 fully saturated rings. The van der Waals surface area contributed by atoms with E-state index in [1.807, 2.05) is 49.4 Å². The van der Waals surface area contributed by atoms with E-state index in [4.69, 9.17) is 4.74 Å². The van der Waals surface area contributed by atoms with Gasteiger partial charge in [0, 0.05) is 11.6 Å². The van der Waals surface area contributed by atoms with E-state index >= 15 is 0 Å². The molecule has 1 aromatic heterocycles. The number of aromatic nitrogens is 1. The van der Waals surface area contributed by atoms with Crippen LogP contribution in [-0.2, 0) is 4.79 Å². The summed E-state index contributed by atoms with van der Waals surface area (Å²) in [5.74, 6) is -0.559. The van der Waals surface area contributed by atoms with Gasteiger partial charge in [-0.25, -0.2) is 9.37 Å². The Hall–Kier alpha value is -3.21. The first-order chi connectivity index (χ1) is 14.8. The summed E-state index contributed by atoms with van der Waals surface area (Å²) < 4.78 is 19.3. The number of hydrogen-bond donors (Lipinski definition) is 1. The molecule has 162 valence electrons. The van der Waals surface area contributed by atoms with Gasteiger partial charge in [0.2, 0.25) is 5.88 Å². The Morgan fingerprint density at radius 2 is 1.71 bits per heavy atom. The van der Waals surface area contributed by atoms with Crippen molar-refractivity contribution >= 4 is 5.97 Å². The van der Waals surface area contributed by atoms with Crippen molar-refractivity contribution in [3.63, 3.8) is 0 Å². The van der Waals surface area contributed by atoms with Crippen molar-refractivity contribution in [3.8, 4) is 28.3 Å². The van der Waals surface area contributed by atoms with E-state index in [0.717, 1.165) is 35.2 Å². The van der Waals surface area contributed by atoms with Gasteiger partial charge in [-0.15, -0.1) is 0 Å². The first kappa shape index (κ1) is 22.5. The van der Waals surface area contributed by atoms with Crippen LogP contribution in [0.4, 0.5) is 4.39 Å². The highest BCUT2D eigenvalue weighted by Crippen LogP contribution is 2.31. The van der Waals surface area contributed by atoms with E-state index in [2.05, 4.69) is 4.98 Å². The molecule has 0 aliphatic rings. The summed E-state index contributed by atoms with van der Waals surface area (Å²) in [4.78, 5) is 16.1. The quantitative estimate of drug-likeness (QED) is 0.403. The second kappa shape index (κ2) is 9.73. The SMILES string of the molecule is CC(CCCOc1cc(-c2ccc(F)cc2)cc(-c2ccccc2)n1)C(C)(C)C(=O)O. The predicted octanol–water partition coefficient (Wildman–Crippen LogP) is 6.46. The number of aliphatic carboxylic acids is 1. The Kier molecular flexibility index (Phi) is 7.06. The van der Waals surface area contributed by atoms with Crippen LogP contribution in [0.3, 0.4) is 0 Å². The monoisotopic (exact) mass is 421 g/mol. The van der Waals surface area contributed by atoms with Gasteiger partial charge in [-0.1, -0.05) is 49.4 Å². The molecule has 1 heterocycles. The van der Waals surface area contributed by atoms with Crippen LogP contribution in [0.5, 0.6) is 5.88 Å². The zero-order valence-corrected chi connectivity index (χ0v) is 18.1. The van der Waals surface area contributed by atoms with Gasteiger partial charge in [-0.2, -0.15) is 0 Å². The second-order valence-electron chi connectivity index (χ2n) is 8.37. The van der Waals surface area contributed by atoms with Crippen LogP contribution in [0.2, 0.25) is 0 Å². The van der Waals surface area contributed by atoms with Crippen LogP contribution in [0.25, 0.3) is 22.4 Å². The fraction of sp³-hybridized carbons (Fsp3) is 0.308. The van der Waals surface area contributed by atoms with Crippen LogP contribution < -0.4 is 4.74 Å². The predicted molar refractivity (Wildman–Crippen MR) is 120 cm³/mol. The van der Waals surface area contributed by atoms with Crippen molar-refractivity contribution in [2.45, 2.75) is 33.6 Å². The summed E-state index contributed by atoms with van der Waals surface area (Å²) in [6.07, 6.45) is 1.46. The van der Waals surface area contributed by atoms with Crippen molar-refractivity contribution < 1.29 is 19.0 Å². The topological polar surface area (TPSA) is 59.4 Å². The number of nitrogens with zero attached hydrogens (tertiary/aromatic N) is 1. The zero-order chi connectivity index (χ0) is 22.4. The van der Waals surface area contributed by atoms with Crippen LogP contribution in [0, 0.1) is 17.2 Å². The third-order valence-corrected chi connectivity index (χ3v) is 5.86. The molecule has 4 nitrogen and oxygen atoms in total. The number of rotatable bonds is 9. The maximum Gasteiger partial charge on any atom is 0.309 e. The standard InChI is InChI=1S/C26H28FNO3/c1-18(26(2,3)25(29)30)8-7-15-31-24-17-21(19-11-13-22(27)14-12-19)16-23(28-24)20-9-5-4-6-10-20/h4-6,9-14,16-18H,7-8,15H2,1-3H3,(H,29,30). The first-order valence-electron chi connectivity index (χ1n) is 10.5. The van der Waals surface area contributed by atoms with Crippen LogP contribution in [0.1, 0.15) is 33.6 Å². The summed E-state index contributed by atoms with van der Waals surface area (Å²) in [5.41, 5.74) is 2.74. The molecule has 31 heavy (non-hydrogen) atoms. The fourth-order valence-corrected chi connectivity index (χ4v) is 3.28. The molecule has 0 saturated carbocycles. The van der Waals surface area contributed by atoms with Crippen molar-refractivity contribution in [2.75, 3.05) is 6.61 Å². The number of hydrogen-bond acceptors (Lipinski definition) is 3. The van der Waals surface area contributed by atoms with Gasteiger partial charge in [-0.05, 0) is 61.9 Å². The minimum atomic E-state index is -0.790. The second-order valence-corrected chi connectivity index (χ2v) is 8.37. The number of ether oxygens (including phenoxy) is 1. The molecule has 0 spiro atoms. The Morgan fingerprint density at radius 1 is 1.03 bits per heavy atom. The Bertz CT molecular complexity index is 1020. The Morgan fingerprint density at radius 3 is 2.35 bits per heavy atom. The Labute approximate surface area is 182 Å². The summed E-state index contributed by atoms with van der Waals surface area (Å²) in [6.45, 7) is 5.89. The highest BCUT2D eigenvalue weighted by molar-refractivity contribution is 5.74. The van der Waals surface area contributed by atoms with Gasteiger partial charge in [0.1, 0.15) is 5.82 Å². The van der Waals surface area contributed by atoms with Gasteiger partial charge < -0.3 is 9.84 Å². The summed E-state index contributed by atoms with van der Waals surface area (Å²) in [5, 5.41) is 9.38. The Balaban J connectivity index is 1.77. The highest BCUT2D eigenvalue weighted by Gasteiger charge is 2.33. The van der Waals surface area contributed by atoms with Gasteiger partial charge in [-0.3, -0.25) is 4.79 Å². The molecular formula is C26H28FNO3. The molecule has 0 saturated heterocycles. The van der Waals surface area contributed by atoms with Crippen molar-refractivity contribution in [1.29, 1.82) is 0 Å². The average Bonchev–Trinajstić information content (AvgIpc) is 2.77. The molecule has 5 heteroatoms. The van der Waals surface area contributed by atoms with Crippen molar-refractivity contribution in [2.24, 2.45) is 11.3 Å². The van der Waals surface area contributed by atoms with E-state index in [1.165, 1.54) is 12.1 Å². The largest absolute Gasteiger partial charge is 0.481 e. The maximum atomic E-state index is 13.4. The number of carbonyl (C=O) groups is 1. The lowest BCUT2D eigenvalue weighted by Crippen LogP contribution is -2.31. The normalized spacial score (nSPS) is 12.4. The van der Waals surface area contributed by atoms with Crippen LogP contribution >= 0.6 is 0 Å². The number of pyridine rings is 1. The fourth-order valence-electron chi connectivity index (χ4n) is 3.28. The van der Waals surface area contributed by atoms with E-state index < -0.39 is 11.4 Å². The molecule has 0 aliphatic heterocycles. The lowest BCUT2D eigenvalue weighted by atomic mass is 9.78. The minimum absolute atomic E-state index is 0.0204. The molecule has 3 aromatic rings. The van der Waals surface area contributed by atoms with E-state index in [0.29, 0.717) is 12.5 Å². The lowest BCUT2D eigenvalue weighted by molar-refractivity contribution is -0.149. The summed E-state index contributed by atoms with van der Waals surface area (Å²) in [6, 6.07) is 20.0. The van der Waals surface area contributed by atoms with Crippen molar-refractivity contribution in [1.82, 2.24) is 4.98 Å². The number of carboxylic acids is 1. The third-order valence-electron chi connectivity index (χ3n) is 5.86. The average molecular weight is 422 g/mol. The van der Waals surface area contributed by atoms with Crippen molar-refractivity contribution in [3.05, 3.63) is 72.5 Å². The molecule has 2 aromatic carbocycles. The van der Waals surface area contributed by atoms with Gasteiger partial charge in [0.15, 0.2) is 0 Å². The van der Waals surface area contributed by atoms with E-state index in [-0.39, 0.29) is 11.7 Å². The zero-order valence-electron chi connectivity index (χ0n) is 18.1. The van der Waals surface area contributed by atoms with E-state index in [9.17, 15) is 14.3 Å². The summed E-state index contributed by atoms with van der Waals surface area (Å²) in [7, 11) is 0. The molecule has 0 amide bonds. The van der Waals surface area contributed by atoms with Gasteiger partial charge in [0.05, 0.1) is 17.7 Å². The first-order valence-corrected chi connectivity index (χ1v) is 10.5. The molecule has 3 rings (SSSR count). The molecule has 0 radical (unpaired) electrons. The molecule has 1 unspecified atom stereocenters. The smallest absolute Gasteiger partial charge is 0.309 e. The number of carboxylic acid groups (broad SMARTS) is 1. The molecule has 1 atom stereocenters. The molecule has 0 bridgehead atoms. The minimum Gasteiger partial charge on any atom is -0.481 e. The van der Waals surface area contributed by atoms with Gasteiger partial charge in [0.25, 0.3) is 0 Å². The van der Waals surface area contributed by atoms with Crippen LogP contribution in [0.15, 0.2) is 66.7 Å². The number of benzene rings is 2. The number of halogens is 1. The van der Waals surface area contributed by atoms with Crippen LogP contribution in [-0.4, -0.2) is 22.7 Å². The molecule has 1 N–H and O–H groups in total. The molecular weight excluding hydrogens is 393 g/mol. The van der Waals surface area contributed by atoms with Gasteiger partial charge >= 0.3 is 5.97 Å².